The molecule has 7 heteroatoms. The van der Waals surface area contributed by atoms with E-state index in [-0.39, 0.29) is 6.10 Å². The maximum absolute atomic E-state index is 5.96. The normalized spacial score (nSPS) is 17.7. The van der Waals surface area contributed by atoms with Crippen molar-refractivity contribution >= 4 is 16.9 Å². The molecule has 152 valence electrons. The number of morpholine rings is 1. The number of aromatic nitrogens is 3. The smallest absolute Gasteiger partial charge is 0.194 e. The Morgan fingerprint density at radius 1 is 1.28 bits per heavy atom. The first kappa shape index (κ1) is 19.4. The summed E-state index contributed by atoms with van der Waals surface area (Å²) >= 11 is 0. The highest BCUT2D eigenvalue weighted by molar-refractivity contribution is 5.80. The van der Waals surface area contributed by atoms with E-state index < -0.39 is 0 Å². The van der Waals surface area contributed by atoms with Crippen LogP contribution in [-0.2, 0) is 18.2 Å². The van der Waals surface area contributed by atoms with Gasteiger partial charge in [0.05, 0.1) is 24.9 Å². The molecule has 1 saturated heterocycles. The minimum absolute atomic E-state index is 0.0171. The summed E-state index contributed by atoms with van der Waals surface area (Å²) in [6.45, 7) is 5.91. The van der Waals surface area contributed by atoms with Gasteiger partial charge in [-0.1, -0.05) is 24.3 Å². The Kier molecular flexibility index (Phi) is 6.05. The molecule has 2 aromatic heterocycles. The number of rotatable bonds is 5. The van der Waals surface area contributed by atoms with Crippen LogP contribution >= 0.6 is 0 Å². The SMILES string of the molecule is CCNC(=NCCc1ccc2ccccc2n1)N1CCOC(c2cnn(C)c2)C1. The first-order valence-corrected chi connectivity index (χ1v) is 10.2. The lowest BCUT2D eigenvalue weighted by molar-refractivity contribution is -0.00803. The van der Waals surface area contributed by atoms with Crippen LogP contribution in [0.25, 0.3) is 10.9 Å². The molecule has 0 aliphatic carbocycles. The monoisotopic (exact) mass is 392 g/mol. The van der Waals surface area contributed by atoms with Crippen LogP contribution < -0.4 is 5.32 Å². The van der Waals surface area contributed by atoms with Crippen molar-refractivity contribution in [2.75, 3.05) is 32.8 Å². The number of ether oxygens (including phenoxy) is 1. The highest BCUT2D eigenvalue weighted by Crippen LogP contribution is 2.21. The molecule has 0 amide bonds. The second kappa shape index (κ2) is 9.05. The second-order valence-corrected chi connectivity index (χ2v) is 7.23. The summed E-state index contributed by atoms with van der Waals surface area (Å²) in [5, 5.41) is 8.86. The standard InChI is InChI=1S/C22H28N6O/c1-3-23-22(28-12-13-29-21(16-28)18-14-25-27(2)15-18)24-11-10-19-9-8-17-6-4-5-7-20(17)26-19/h4-9,14-15,21H,3,10-13,16H2,1-2H3,(H,23,24). The fourth-order valence-corrected chi connectivity index (χ4v) is 3.60. The zero-order valence-electron chi connectivity index (χ0n) is 17.1. The van der Waals surface area contributed by atoms with Gasteiger partial charge < -0.3 is 15.0 Å². The minimum atomic E-state index is 0.0171. The quantitative estimate of drug-likeness (QED) is 0.534. The lowest BCUT2D eigenvalue weighted by atomic mass is 10.1. The zero-order chi connectivity index (χ0) is 20.1. The van der Waals surface area contributed by atoms with Gasteiger partial charge in [-0.15, -0.1) is 0 Å². The Balaban J connectivity index is 1.42. The molecule has 0 saturated carbocycles. The first-order chi connectivity index (χ1) is 14.2. The highest BCUT2D eigenvalue weighted by atomic mass is 16.5. The number of fused-ring (bicyclic) bond motifs is 1. The lowest BCUT2D eigenvalue weighted by Crippen LogP contribution is -2.48. The minimum Gasteiger partial charge on any atom is -0.370 e. The molecule has 4 rings (SSSR count). The number of guanidine groups is 1. The predicted octanol–water partition coefficient (Wildman–Crippen LogP) is 2.55. The molecule has 3 aromatic rings. The van der Waals surface area contributed by atoms with Crippen LogP contribution in [0.5, 0.6) is 0 Å². The van der Waals surface area contributed by atoms with Gasteiger partial charge in [0.2, 0.25) is 0 Å². The maximum atomic E-state index is 5.96. The lowest BCUT2D eigenvalue weighted by Gasteiger charge is -2.34. The van der Waals surface area contributed by atoms with Crippen molar-refractivity contribution in [3.8, 4) is 0 Å². The van der Waals surface area contributed by atoms with Crippen molar-refractivity contribution in [2.45, 2.75) is 19.4 Å². The molecule has 0 bridgehead atoms. The van der Waals surface area contributed by atoms with Crippen molar-refractivity contribution in [1.82, 2.24) is 25.0 Å². The van der Waals surface area contributed by atoms with Crippen molar-refractivity contribution in [3.05, 3.63) is 60.0 Å². The third-order valence-electron chi connectivity index (χ3n) is 5.08. The molecule has 0 radical (unpaired) electrons. The summed E-state index contributed by atoms with van der Waals surface area (Å²) in [5.41, 5.74) is 3.21. The van der Waals surface area contributed by atoms with Gasteiger partial charge in [0, 0.05) is 55.9 Å². The van der Waals surface area contributed by atoms with E-state index in [1.54, 1.807) is 0 Å². The molecule has 3 heterocycles. The summed E-state index contributed by atoms with van der Waals surface area (Å²) in [6.07, 6.45) is 4.73. The van der Waals surface area contributed by atoms with Gasteiger partial charge in [-0.05, 0) is 19.1 Å². The number of para-hydroxylation sites is 1. The van der Waals surface area contributed by atoms with E-state index in [1.165, 1.54) is 5.39 Å². The summed E-state index contributed by atoms with van der Waals surface area (Å²) in [4.78, 5) is 11.9. The number of nitrogens with zero attached hydrogens (tertiary/aromatic N) is 5. The molecular formula is C22H28N6O. The third-order valence-corrected chi connectivity index (χ3v) is 5.08. The molecule has 1 aliphatic heterocycles. The van der Waals surface area contributed by atoms with Crippen molar-refractivity contribution < 1.29 is 4.74 Å². The van der Waals surface area contributed by atoms with Crippen LogP contribution in [0, 0.1) is 0 Å². The Morgan fingerprint density at radius 2 is 2.17 bits per heavy atom. The van der Waals surface area contributed by atoms with Crippen LogP contribution in [-0.4, -0.2) is 58.4 Å². The third kappa shape index (κ3) is 4.74. The van der Waals surface area contributed by atoms with Gasteiger partial charge in [0.15, 0.2) is 5.96 Å². The van der Waals surface area contributed by atoms with Crippen molar-refractivity contribution in [1.29, 1.82) is 0 Å². The van der Waals surface area contributed by atoms with Crippen LogP contribution in [0.15, 0.2) is 53.8 Å². The van der Waals surface area contributed by atoms with E-state index in [4.69, 9.17) is 14.7 Å². The number of aliphatic imine (C=N–C) groups is 1. The van der Waals surface area contributed by atoms with Gasteiger partial charge in [0.25, 0.3) is 0 Å². The molecule has 1 aliphatic rings. The average Bonchev–Trinajstić information content (AvgIpc) is 3.19. The summed E-state index contributed by atoms with van der Waals surface area (Å²) in [7, 11) is 1.93. The van der Waals surface area contributed by atoms with Gasteiger partial charge in [-0.3, -0.25) is 14.7 Å². The van der Waals surface area contributed by atoms with Crippen LogP contribution in [0.2, 0.25) is 0 Å². The Morgan fingerprint density at radius 3 is 3.00 bits per heavy atom. The van der Waals surface area contributed by atoms with Crippen molar-refractivity contribution in [2.24, 2.45) is 12.0 Å². The molecule has 1 fully saturated rings. The van der Waals surface area contributed by atoms with Gasteiger partial charge in [-0.25, -0.2) is 0 Å². The van der Waals surface area contributed by atoms with E-state index in [1.807, 2.05) is 36.3 Å². The number of nitrogens with one attached hydrogen (secondary N) is 1. The summed E-state index contributed by atoms with van der Waals surface area (Å²) in [5.74, 6) is 0.936. The number of hydrogen-bond acceptors (Lipinski definition) is 4. The molecular weight excluding hydrogens is 364 g/mol. The Labute approximate surface area is 171 Å². The van der Waals surface area contributed by atoms with Crippen LogP contribution in [0.4, 0.5) is 0 Å². The Bertz CT molecular complexity index is 982. The predicted molar refractivity (Wildman–Crippen MR) is 115 cm³/mol. The Hall–Kier alpha value is -2.93. The van der Waals surface area contributed by atoms with E-state index in [0.29, 0.717) is 13.2 Å². The number of hydrogen-bond donors (Lipinski definition) is 1. The molecule has 1 unspecified atom stereocenters. The van der Waals surface area contributed by atoms with Crippen LogP contribution in [0.3, 0.4) is 0 Å². The topological polar surface area (TPSA) is 67.6 Å². The second-order valence-electron chi connectivity index (χ2n) is 7.23. The molecule has 0 spiro atoms. The summed E-state index contributed by atoms with van der Waals surface area (Å²) < 4.78 is 7.78. The number of pyridine rings is 1. The number of benzene rings is 1. The van der Waals surface area contributed by atoms with Gasteiger partial charge in [0.1, 0.15) is 6.10 Å². The molecule has 1 atom stereocenters. The fraction of sp³-hybridized carbons (Fsp3) is 0.409. The molecule has 1 N–H and O–H groups in total. The van der Waals surface area contributed by atoms with E-state index in [9.17, 15) is 0 Å². The van der Waals surface area contributed by atoms with E-state index >= 15 is 0 Å². The van der Waals surface area contributed by atoms with Crippen LogP contribution in [0.1, 0.15) is 24.3 Å². The molecule has 1 aromatic carbocycles. The fourth-order valence-electron chi connectivity index (χ4n) is 3.60. The van der Waals surface area contributed by atoms with Gasteiger partial charge >= 0.3 is 0 Å². The van der Waals surface area contributed by atoms with Crippen molar-refractivity contribution in [3.63, 3.8) is 0 Å². The van der Waals surface area contributed by atoms with Gasteiger partial charge in [-0.2, -0.15) is 5.10 Å². The highest BCUT2D eigenvalue weighted by Gasteiger charge is 2.25. The average molecular weight is 393 g/mol. The molecule has 7 nitrogen and oxygen atoms in total. The summed E-state index contributed by atoms with van der Waals surface area (Å²) in [6, 6.07) is 12.4. The van der Waals surface area contributed by atoms with E-state index in [0.717, 1.165) is 48.8 Å². The zero-order valence-corrected chi connectivity index (χ0v) is 17.1. The molecule has 29 heavy (non-hydrogen) atoms. The largest absolute Gasteiger partial charge is 0.370 e. The van der Waals surface area contributed by atoms with E-state index in [2.05, 4.69) is 46.5 Å². The number of aryl methyl sites for hydroxylation is 1. The first-order valence-electron chi connectivity index (χ1n) is 10.2. The maximum Gasteiger partial charge on any atom is 0.194 e.